The average molecular weight is 779 g/mol. The lowest BCUT2D eigenvalue weighted by Crippen LogP contribution is -2.40. The van der Waals surface area contributed by atoms with Crippen molar-refractivity contribution in [3.05, 3.63) is 154 Å². The van der Waals surface area contributed by atoms with Gasteiger partial charge in [0, 0.05) is 39.7 Å². The van der Waals surface area contributed by atoms with Gasteiger partial charge in [-0.05, 0) is 73.1 Å². The molecule has 0 aliphatic carbocycles. The summed E-state index contributed by atoms with van der Waals surface area (Å²) in [5.41, 5.74) is 2.51. The Labute approximate surface area is 321 Å². The van der Waals surface area contributed by atoms with E-state index in [0.29, 0.717) is 60.4 Å². The zero-order chi connectivity index (χ0) is 37.9. The fraction of sp³-hybridized carbons (Fsp3) is 0.154. The molecule has 0 bridgehead atoms. The van der Waals surface area contributed by atoms with Gasteiger partial charge in [0.25, 0.3) is 11.2 Å². The van der Waals surface area contributed by atoms with Crippen molar-refractivity contribution in [1.82, 2.24) is 19.3 Å². The van der Waals surface area contributed by atoms with Crippen molar-refractivity contribution in [1.29, 1.82) is 0 Å². The van der Waals surface area contributed by atoms with Crippen molar-refractivity contribution in [2.24, 2.45) is 4.99 Å². The molecule has 0 N–H and O–H groups in total. The fourth-order valence-electron chi connectivity index (χ4n) is 6.13. The fourth-order valence-corrected chi connectivity index (χ4v) is 8.29. The van der Waals surface area contributed by atoms with Crippen LogP contribution in [0.25, 0.3) is 23.2 Å². The topological polar surface area (TPSA) is 144 Å². The number of rotatable bonds is 11. The summed E-state index contributed by atoms with van der Waals surface area (Å²) in [4.78, 5) is 45.7. The lowest BCUT2D eigenvalue weighted by molar-refractivity contribution is -0.384. The number of ether oxygens (including phenoxy) is 2. The summed E-state index contributed by atoms with van der Waals surface area (Å²) in [5, 5.41) is 21.9. The molecule has 0 fully saturated rings. The minimum atomic E-state index is -0.907. The van der Waals surface area contributed by atoms with Gasteiger partial charge in [-0.25, -0.2) is 9.79 Å². The number of hydrogen-bond acceptors (Lipinski definition) is 11. The van der Waals surface area contributed by atoms with Crippen LogP contribution in [-0.2, 0) is 16.1 Å². The van der Waals surface area contributed by atoms with E-state index >= 15 is 0 Å². The second-order valence-electron chi connectivity index (χ2n) is 11.8. The highest BCUT2D eigenvalue weighted by atomic mass is 35.5. The molecule has 54 heavy (non-hydrogen) atoms. The van der Waals surface area contributed by atoms with Gasteiger partial charge in [0.2, 0.25) is 0 Å². The van der Waals surface area contributed by atoms with Crippen LogP contribution in [-0.4, -0.2) is 43.9 Å². The van der Waals surface area contributed by atoms with E-state index in [1.54, 1.807) is 62.6 Å². The number of aromatic nitrogens is 4. The first-order valence-electron chi connectivity index (χ1n) is 16.8. The quantitative estimate of drug-likeness (QED) is 0.0777. The highest BCUT2D eigenvalue weighted by molar-refractivity contribution is 7.99. The van der Waals surface area contributed by atoms with Crippen LogP contribution in [0, 0.1) is 10.1 Å². The first-order chi connectivity index (χ1) is 26.2. The third-order valence-electron chi connectivity index (χ3n) is 8.61. The lowest BCUT2D eigenvalue weighted by atomic mass is 9.93. The van der Waals surface area contributed by atoms with Gasteiger partial charge in [0.15, 0.2) is 15.8 Å². The molecule has 0 unspecified atom stereocenters. The van der Waals surface area contributed by atoms with Crippen molar-refractivity contribution in [2.75, 3.05) is 13.7 Å². The monoisotopic (exact) mass is 778 g/mol. The zero-order valence-corrected chi connectivity index (χ0v) is 31.5. The summed E-state index contributed by atoms with van der Waals surface area (Å²) >= 11 is 8.65. The summed E-state index contributed by atoms with van der Waals surface area (Å²) in [7, 11) is 1.56. The molecule has 1 aliphatic heterocycles. The summed E-state index contributed by atoms with van der Waals surface area (Å²) in [6, 6.07) is 27.2. The molecule has 0 amide bonds. The van der Waals surface area contributed by atoms with Crippen LogP contribution >= 0.6 is 34.7 Å². The molecule has 2 aromatic heterocycles. The Kier molecular flexibility index (Phi) is 10.6. The van der Waals surface area contributed by atoms with Gasteiger partial charge in [-0.3, -0.25) is 19.5 Å². The molecule has 7 rings (SSSR count). The Morgan fingerprint density at radius 1 is 1.00 bits per heavy atom. The van der Waals surface area contributed by atoms with Gasteiger partial charge in [0.05, 0.1) is 40.5 Å². The minimum absolute atomic E-state index is 0.115. The summed E-state index contributed by atoms with van der Waals surface area (Å²) in [6.45, 7) is 4.33. The third kappa shape index (κ3) is 7.10. The number of nitro groups is 1. The van der Waals surface area contributed by atoms with Crippen LogP contribution in [0.15, 0.2) is 122 Å². The number of methoxy groups -OCH3 is 1. The Morgan fingerprint density at radius 3 is 2.44 bits per heavy atom. The highest BCUT2D eigenvalue weighted by Gasteiger charge is 2.35. The molecular weight excluding hydrogens is 748 g/mol. The number of carbonyl (C=O) groups is 1. The van der Waals surface area contributed by atoms with E-state index in [0.717, 1.165) is 16.9 Å². The van der Waals surface area contributed by atoms with Gasteiger partial charge < -0.3 is 14.0 Å². The maximum atomic E-state index is 14.6. The average Bonchev–Trinajstić information content (AvgIpc) is 3.74. The highest BCUT2D eigenvalue weighted by Crippen LogP contribution is 2.37. The molecule has 0 saturated heterocycles. The number of non-ortho nitro benzene ring substituents is 1. The molecule has 15 heteroatoms. The number of thiazole rings is 1. The van der Waals surface area contributed by atoms with Crippen LogP contribution in [0.4, 0.5) is 5.69 Å². The van der Waals surface area contributed by atoms with Crippen LogP contribution in [0.5, 0.6) is 5.75 Å². The van der Waals surface area contributed by atoms with E-state index in [-0.39, 0.29) is 22.4 Å². The van der Waals surface area contributed by atoms with E-state index < -0.39 is 22.5 Å². The summed E-state index contributed by atoms with van der Waals surface area (Å²) < 4.78 is 14.6. The van der Waals surface area contributed by atoms with Crippen molar-refractivity contribution in [3.63, 3.8) is 0 Å². The van der Waals surface area contributed by atoms with Crippen molar-refractivity contribution in [2.45, 2.75) is 36.5 Å². The van der Waals surface area contributed by atoms with Crippen molar-refractivity contribution < 1.29 is 19.2 Å². The number of halogens is 1. The van der Waals surface area contributed by atoms with E-state index in [1.807, 2.05) is 54.0 Å². The number of carbonyl (C=O) groups excluding carboxylic acids is 1. The summed E-state index contributed by atoms with van der Waals surface area (Å²) in [6.07, 6.45) is 1.62. The maximum absolute atomic E-state index is 14.6. The van der Waals surface area contributed by atoms with E-state index in [4.69, 9.17) is 26.1 Å². The number of nitrogens with zero attached hydrogens (tertiary/aromatic N) is 6. The van der Waals surface area contributed by atoms with Crippen LogP contribution in [0.3, 0.4) is 0 Å². The molecule has 3 heterocycles. The van der Waals surface area contributed by atoms with Crippen LogP contribution in [0.1, 0.15) is 36.6 Å². The van der Waals surface area contributed by atoms with Crippen LogP contribution in [0.2, 0.25) is 5.02 Å². The first-order valence-corrected chi connectivity index (χ1v) is 18.8. The Bertz CT molecular complexity index is 2620. The van der Waals surface area contributed by atoms with Gasteiger partial charge in [-0.1, -0.05) is 77.5 Å². The number of nitro benzene ring substituents is 1. The molecule has 0 saturated carbocycles. The predicted octanol–water partition coefficient (Wildman–Crippen LogP) is 6.94. The third-order valence-corrected chi connectivity index (χ3v) is 10.9. The molecule has 1 aliphatic rings. The van der Waals surface area contributed by atoms with Crippen molar-refractivity contribution >= 4 is 58.1 Å². The normalized spacial score (nSPS) is 14.1. The smallest absolute Gasteiger partial charge is 0.338 e. The molecule has 1 atom stereocenters. The van der Waals surface area contributed by atoms with Crippen LogP contribution < -0.4 is 19.6 Å². The van der Waals surface area contributed by atoms with Gasteiger partial charge in [-0.2, -0.15) is 0 Å². The minimum Gasteiger partial charge on any atom is -0.497 e. The molecule has 4 aromatic carbocycles. The Hall–Kier alpha value is -5.83. The lowest BCUT2D eigenvalue weighted by Gasteiger charge is -2.26. The molecule has 0 radical (unpaired) electrons. The first kappa shape index (κ1) is 36.5. The SMILES string of the molecule is CCOC(=O)C1=C(c2ccccc2)N=c2s/c(=C/c3cc([N+](=O)[O-])ccc3Sc3nnc(-c4cccc(Cl)c4)n3CC)c(=O)n2[C@H]1c1ccc(OC)cc1. The second kappa shape index (κ2) is 15.6. The van der Waals surface area contributed by atoms with E-state index in [9.17, 15) is 19.7 Å². The number of hydrogen-bond donors (Lipinski definition) is 0. The molecular formula is C39H31ClN6O6S2. The molecule has 6 aromatic rings. The number of esters is 1. The molecule has 272 valence electrons. The van der Waals surface area contributed by atoms with Gasteiger partial charge in [-0.15, -0.1) is 10.2 Å². The maximum Gasteiger partial charge on any atom is 0.338 e. The Balaban J connectivity index is 1.42. The second-order valence-corrected chi connectivity index (χ2v) is 14.3. The zero-order valence-electron chi connectivity index (χ0n) is 29.1. The van der Waals surface area contributed by atoms with E-state index in [1.165, 1.54) is 28.5 Å². The van der Waals surface area contributed by atoms with Crippen molar-refractivity contribution in [3.8, 4) is 17.1 Å². The van der Waals surface area contributed by atoms with Gasteiger partial charge >= 0.3 is 5.97 Å². The number of fused-ring (bicyclic) bond motifs is 1. The summed E-state index contributed by atoms with van der Waals surface area (Å²) in [5.74, 6) is 0.611. The Morgan fingerprint density at radius 2 is 1.76 bits per heavy atom. The largest absolute Gasteiger partial charge is 0.497 e. The standard InChI is InChI=1S/C39H31ClN6O6S2/c1-4-44-35(25-12-9-13-27(40)20-25)42-43-39(44)53-30-19-16-28(46(49)50)21-26(30)22-31-36(47)45-34(24-14-17-29(51-3)18-15-24)32(37(48)52-5-2)33(41-38(45)54-31)23-10-7-6-8-11-23/h6-22,34H,4-5H2,1-3H3/b31-22+/t34-/m0/s1. The molecule has 0 spiro atoms. The van der Waals surface area contributed by atoms with Gasteiger partial charge in [0.1, 0.15) is 5.75 Å². The molecule has 12 nitrogen and oxygen atoms in total. The predicted molar refractivity (Wildman–Crippen MR) is 207 cm³/mol. The van der Waals surface area contributed by atoms with E-state index in [2.05, 4.69) is 10.2 Å². The number of benzene rings is 4.